The number of primary amides is 2. The molecule has 0 bridgehead atoms. The lowest BCUT2D eigenvalue weighted by molar-refractivity contribution is 0.0928. The molecule has 4 N–H and O–H groups in total. The highest BCUT2D eigenvalue weighted by Crippen LogP contribution is 2.12. The smallest absolute Gasteiger partial charge is 0.404 e. The first-order valence-corrected chi connectivity index (χ1v) is 5.94. The van der Waals surface area contributed by atoms with Crippen molar-refractivity contribution in [3.63, 3.8) is 0 Å². The van der Waals surface area contributed by atoms with Crippen LogP contribution >= 0.6 is 0 Å². The summed E-state index contributed by atoms with van der Waals surface area (Å²) >= 11 is 0. The first-order chi connectivity index (χ1) is 8.06. The summed E-state index contributed by atoms with van der Waals surface area (Å²) < 4.78 is 9.56. The standard InChI is InChI=1S/C11H22N2O4/c1-2-6-9(17-11(13)15)7-4-3-5-8-16-10(12)14/h9H,2-8H2,1H3,(H2,12,14)(H2,13,15). The molecule has 0 aliphatic heterocycles. The molecule has 100 valence electrons. The molecule has 0 saturated heterocycles. The lowest BCUT2D eigenvalue weighted by atomic mass is 10.1. The average Bonchev–Trinajstić information content (AvgIpc) is 2.22. The highest BCUT2D eigenvalue weighted by atomic mass is 16.6. The third kappa shape index (κ3) is 10.8. The van der Waals surface area contributed by atoms with Gasteiger partial charge in [0.1, 0.15) is 6.10 Å². The molecule has 0 rings (SSSR count). The summed E-state index contributed by atoms with van der Waals surface area (Å²) in [5, 5.41) is 0. The van der Waals surface area contributed by atoms with E-state index in [1.165, 1.54) is 0 Å². The maximum atomic E-state index is 10.6. The van der Waals surface area contributed by atoms with Crippen molar-refractivity contribution in [2.75, 3.05) is 6.61 Å². The van der Waals surface area contributed by atoms with Crippen LogP contribution in [0.25, 0.3) is 0 Å². The summed E-state index contributed by atoms with van der Waals surface area (Å²) in [6, 6.07) is 0. The number of nitrogens with two attached hydrogens (primary N) is 2. The summed E-state index contributed by atoms with van der Waals surface area (Å²) in [5.74, 6) is 0. The van der Waals surface area contributed by atoms with Gasteiger partial charge >= 0.3 is 12.2 Å². The van der Waals surface area contributed by atoms with Gasteiger partial charge in [0, 0.05) is 0 Å². The fourth-order valence-corrected chi connectivity index (χ4v) is 1.57. The van der Waals surface area contributed by atoms with Crippen LogP contribution in [0.5, 0.6) is 0 Å². The number of hydrogen-bond donors (Lipinski definition) is 2. The summed E-state index contributed by atoms with van der Waals surface area (Å²) in [5.41, 5.74) is 9.79. The van der Waals surface area contributed by atoms with Gasteiger partial charge in [-0.15, -0.1) is 0 Å². The van der Waals surface area contributed by atoms with Crippen LogP contribution in [0, 0.1) is 0 Å². The third-order valence-corrected chi connectivity index (χ3v) is 2.31. The molecule has 0 aromatic rings. The predicted octanol–water partition coefficient (Wildman–Crippen LogP) is 1.91. The molecule has 1 unspecified atom stereocenters. The number of ether oxygens (including phenoxy) is 2. The number of rotatable bonds is 9. The molecule has 0 aromatic heterocycles. The Labute approximate surface area is 102 Å². The second kappa shape index (κ2) is 9.74. The number of hydrogen-bond acceptors (Lipinski definition) is 4. The van der Waals surface area contributed by atoms with Gasteiger partial charge in [-0.2, -0.15) is 0 Å². The van der Waals surface area contributed by atoms with E-state index in [4.69, 9.17) is 16.2 Å². The van der Waals surface area contributed by atoms with Crippen LogP contribution in [0.4, 0.5) is 9.59 Å². The van der Waals surface area contributed by atoms with Gasteiger partial charge in [0.2, 0.25) is 0 Å². The average molecular weight is 246 g/mol. The fraction of sp³-hybridized carbons (Fsp3) is 0.818. The molecule has 0 saturated carbocycles. The summed E-state index contributed by atoms with van der Waals surface area (Å²) in [7, 11) is 0. The molecule has 6 heteroatoms. The van der Waals surface area contributed by atoms with Crippen LogP contribution in [0.3, 0.4) is 0 Å². The molecule has 17 heavy (non-hydrogen) atoms. The van der Waals surface area contributed by atoms with Gasteiger partial charge in [-0.3, -0.25) is 0 Å². The fourth-order valence-electron chi connectivity index (χ4n) is 1.57. The molecule has 0 fully saturated rings. The molecule has 0 heterocycles. The Hall–Kier alpha value is -1.46. The van der Waals surface area contributed by atoms with Crippen molar-refractivity contribution in [1.82, 2.24) is 0 Å². The number of unbranched alkanes of at least 4 members (excludes halogenated alkanes) is 2. The highest BCUT2D eigenvalue weighted by Gasteiger charge is 2.10. The first kappa shape index (κ1) is 15.5. The minimum absolute atomic E-state index is 0.102. The van der Waals surface area contributed by atoms with E-state index >= 15 is 0 Å². The van der Waals surface area contributed by atoms with Gasteiger partial charge in [-0.25, -0.2) is 9.59 Å². The number of amides is 2. The third-order valence-electron chi connectivity index (χ3n) is 2.31. The van der Waals surface area contributed by atoms with Crippen molar-refractivity contribution in [2.45, 2.75) is 51.6 Å². The predicted molar refractivity (Wildman–Crippen MR) is 63.4 cm³/mol. The largest absolute Gasteiger partial charge is 0.450 e. The van der Waals surface area contributed by atoms with Crippen molar-refractivity contribution in [3.8, 4) is 0 Å². The lowest BCUT2D eigenvalue weighted by Crippen LogP contribution is -2.22. The Morgan fingerprint density at radius 3 is 2.29 bits per heavy atom. The van der Waals surface area contributed by atoms with E-state index in [1.807, 2.05) is 6.92 Å². The van der Waals surface area contributed by atoms with Crippen molar-refractivity contribution in [1.29, 1.82) is 0 Å². The Morgan fingerprint density at radius 2 is 1.76 bits per heavy atom. The van der Waals surface area contributed by atoms with Gasteiger partial charge in [-0.1, -0.05) is 13.3 Å². The Bertz CT molecular complexity index is 234. The Kier molecular flexibility index (Phi) is 8.91. The second-order valence-electron chi connectivity index (χ2n) is 3.86. The molecule has 1 atom stereocenters. The quantitative estimate of drug-likeness (QED) is 0.606. The molecule has 0 aliphatic carbocycles. The van der Waals surface area contributed by atoms with E-state index in [0.29, 0.717) is 6.61 Å². The molecule has 0 aliphatic rings. The Balaban J connectivity index is 3.53. The van der Waals surface area contributed by atoms with E-state index in [2.05, 4.69) is 4.74 Å². The molecule has 6 nitrogen and oxygen atoms in total. The van der Waals surface area contributed by atoms with Gasteiger partial charge in [0.25, 0.3) is 0 Å². The van der Waals surface area contributed by atoms with Gasteiger partial charge < -0.3 is 20.9 Å². The number of carbonyl (C=O) groups excluding carboxylic acids is 2. The van der Waals surface area contributed by atoms with E-state index in [-0.39, 0.29) is 6.10 Å². The van der Waals surface area contributed by atoms with E-state index < -0.39 is 12.2 Å². The molecule has 0 spiro atoms. The summed E-state index contributed by atoms with van der Waals surface area (Å²) in [4.78, 5) is 20.9. The van der Waals surface area contributed by atoms with Crippen LogP contribution in [-0.2, 0) is 9.47 Å². The van der Waals surface area contributed by atoms with Crippen molar-refractivity contribution < 1.29 is 19.1 Å². The van der Waals surface area contributed by atoms with Gasteiger partial charge in [0.15, 0.2) is 0 Å². The molecule has 0 aromatic carbocycles. The SMILES string of the molecule is CCCC(CCCCCOC(N)=O)OC(N)=O. The zero-order chi connectivity index (χ0) is 13.1. The van der Waals surface area contributed by atoms with Crippen molar-refractivity contribution in [3.05, 3.63) is 0 Å². The monoisotopic (exact) mass is 246 g/mol. The zero-order valence-electron chi connectivity index (χ0n) is 10.3. The second-order valence-corrected chi connectivity index (χ2v) is 3.86. The zero-order valence-corrected chi connectivity index (χ0v) is 10.3. The molecule has 0 radical (unpaired) electrons. The van der Waals surface area contributed by atoms with Gasteiger partial charge in [0.05, 0.1) is 6.61 Å². The van der Waals surface area contributed by atoms with Crippen LogP contribution in [0.2, 0.25) is 0 Å². The topological polar surface area (TPSA) is 105 Å². The van der Waals surface area contributed by atoms with Crippen LogP contribution in [0.1, 0.15) is 45.4 Å². The summed E-state index contributed by atoms with van der Waals surface area (Å²) in [6.45, 7) is 2.36. The first-order valence-electron chi connectivity index (χ1n) is 5.94. The van der Waals surface area contributed by atoms with E-state index in [1.54, 1.807) is 0 Å². The molecule has 2 amide bonds. The molecular weight excluding hydrogens is 224 g/mol. The van der Waals surface area contributed by atoms with Crippen molar-refractivity contribution in [2.24, 2.45) is 11.5 Å². The minimum Gasteiger partial charge on any atom is -0.450 e. The maximum absolute atomic E-state index is 10.6. The number of carbonyl (C=O) groups is 2. The van der Waals surface area contributed by atoms with Gasteiger partial charge in [-0.05, 0) is 32.1 Å². The van der Waals surface area contributed by atoms with Crippen LogP contribution in [-0.4, -0.2) is 24.9 Å². The van der Waals surface area contributed by atoms with E-state index in [9.17, 15) is 9.59 Å². The minimum atomic E-state index is -0.745. The summed E-state index contributed by atoms with van der Waals surface area (Å²) in [6.07, 6.45) is 3.55. The lowest BCUT2D eigenvalue weighted by Gasteiger charge is -2.15. The van der Waals surface area contributed by atoms with Crippen molar-refractivity contribution >= 4 is 12.2 Å². The Morgan fingerprint density at radius 1 is 1.06 bits per heavy atom. The normalized spacial score (nSPS) is 11.8. The van der Waals surface area contributed by atoms with Crippen LogP contribution < -0.4 is 11.5 Å². The highest BCUT2D eigenvalue weighted by molar-refractivity contribution is 5.64. The van der Waals surface area contributed by atoms with E-state index in [0.717, 1.165) is 38.5 Å². The maximum Gasteiger partial charge on any atom is 0.404 e. The molecular formula is C11H22N2O4. The van der Waals surface area contributed by atoms with Crippen LogP contribution in [0.15, 0.2) is 0 Å².